The molecule has 6 nitrogen and oxygen atoms in total. The molecular formula is C20H30N2O4. The van der Waals surface area contributed by atoms with E-state index in [4.69, 9.17) is 9.15 Å². The Morgan fingerprint density at radius 1 is 1.23 bits per heavy atom. The molecule has 0 N–H and O–H groups in total. The quantitative estimate of drug-likeness (QED) is 0.713. The van der Waals surface area contributed by atoms with E-state index >= 15 is 0 Å². The second-order valence-electron chi connectivity index (χ2n) is 7.68. The van der Waals surface area contributed by atoms with Crippen LogP contribution in [-0.4, -0.2) is 53.5 Å². The molecule has 26 heavy (non-hydrogen) atoms. The van der Waals surface area contributed by atoms with Crippen molar-refractivity contribution in [2.45, 2.75) is 64.6 Å². The maximum Gasteiger partial charge on any atom is 0.242 e. The fraction of sp³-hybridized carbons (Fsp3) is 0.700. The summed E-state index contributed by atoms with van der Waals surface area (Å²) in [5, 5.41) is 0. The maximum atomic E-state index is 13.0. The lowest BCUT2D eigenvalue weighted by Crippen LogP contribution is -2.49. The van der Waals surface area contributed by atoms with Crippen molar-refractivity contribution < 1.29 is 18.7 Å². The molecule has 2 fully saturated rings. The third-order valence-corrected chi connectivity index (χ3v) is 5.39. The molecule has 2 aliphatic rings. The van der Waals surface area contributed by atoms with Gasteiger partial charge in [0.1, 0.15) is 12.3 Å². The summed E-state index contributed by atoms with van der Waals surface area (Å²) in [5.74, 6) is 0.924. The lowest BCUT2D eigenvalue weighted by atomic mass is 9.84. The van der Waals surface area contributed by atoms with E-state index in [9.17, 15) is 9.59 Å². The van der Waals surface area contributed by atoms with Gasteiger partial charge in [-0.1, -0.05) is 6.42 Å². The Labute approximate surface area is 155 Å². The summed E-state index contributed by atoms with van der Waals surface area (Å²) in [6, 6.07) is 3.71. The summed E-state index contributed by atoms with van der Waals surface area (Å²) in [6.07, 6.45) is 6.70. The standard InChI is InChI=1S/C20H30N2O4/c1-15(2)22(20(24)16-6-3-7-16)14-19(23)21(12-17-8-4-10-25-17)13-18-9-5-11-26-18/h4,8,10,15-16,18H,3,5-7,9,11-14H2,1-2H3. The van der Waals surface area contributed by atoms with Gasteiger partial charge in [-0.3, -0.25) is 9.59 Å². The molecule has 1 atom stereocenters. The van der Waals surface area contributed by atoms with Crippen LogP contribution in [0.2, 0.25) is 0 Å². The molecule has 3 rings (SSSR count). The summed E-state index contributed by atoms with van der Waals surface area (Å²) >= 11 is 0. The van der Waals surface area contributed by atoms with E-state index in [-0.39, 0.29) is 36.4 Å². The smallest absolute Gasteiger partial charge is 0.242 e. The normalized spacial score (nSPS) is 20.2. The first-order chi connectivity index (χ1) is 12.5. The van der Waals surface area contributed by atoms with Crippen LogP contribution in [0.3, 0.4) is 0 Å². The van der Waals surface area contributed by atoms with Crippen LogP contribution in [0.15, 0.2) is 22.8 Å². The third kappa shape index (κ3) is 4.67. The number of carbonyl (C=O) groups is 2. The van der Waals surface area contributed by atoms with Gasteiger partial charge in [-0.15, -0.1) is 0 Å². The van der Waals surface area contributed by atoms with Crippen LogP contribution < -0.4 is 0 Å². The molecular weight excluding hydrogens is 332 g/mol. The highest BCUT2D eigenvalue weighted by atomic mass is 16.5. The highest BCUT2D eigenvalue weighted by molar-refractivity contribution is 5.86. The SMILES string of the molecule is CC(C)N(CC(=O)N(Cc1ccco1)CC1CCCO1)C(=O)C1CCC1. The third-order valence-electron chi connectivity index (χ3n) is 5.39. The average molecular weight is 362 g/mol. The fourth-order valence-electron chi connectivity index (χ4n) is 3.53. The molecule has 1 aromatic heterocycles. The van der Waals surface area contributed by atoms with E-state index in [0.717, 1.165) is 44.5 Å². The zero-order valence-corrected chi connectivity index (χ0v) is 15.9. The van der Waals surface area contributed by atoms with Crippen molar-refractivity contribution in [2.75, 3.05) is 19.7 Å². The summed E-state index contributed by atoms with van der Waals surface area (Å²) < 4.78 is 11.1. The summed E-state index contributed by atoms with van der Waals surface area (Å²) in [4.78, 5) is 29.2. The Morgan fingerprint density at radius 3 is 2.58 bits per heavy atom. The van der Waals surface area contributed by atoms with Crippen LogP contribution in [-0.2, 0) is 20.9 Å². The first-order valence-corrected chi connectivity index (χ1v) is 9.77. The van der Waals surface area contributed by atoms with E-state index in [1.807, 2.05) is 26.0 Å². The van der Waals surface area contributed by atoms with Gasteiger partial charge in [0, 0.05) is 25.1 Å². The van der Waals surface area contributed by atoms with E-state index in [2.05, 4.69) is 0 Å². The second-order valence-corrected chi connectivity index (χ2v) is 7.68. The molecule has 1 saturated heterocycles. The number of hydrogen-bond acceptors (Lipinski definition) is 4. The number of carbonyl (C=O) groups excluding carboxylic acids is 2. The summed E-state index contributed by atoms with van der Waals surface area (Å²) in [6.45, 7) is 5.78. The van der Waals surface area contributed by atoms with Crippen molar-refractivity contribution in [3.63, 3.8) is 0 Å². The van der Waals surface area contributed by atoms with E-state index < -0.39 is 0 Å². The van der Waals surface area contributed by atoms with Gasteiger partial charge >= 0.3 is 0 Å². The molecule has 6 heteroatoms. The van der Waals surface area contributed by atoms with Gasteiger partial charge in [-0.25, -0.2) is 0 Å². The van der Waals surface area contributed by atoms with E-state index in [0.29, 0.717) is 13.1 Å². The predicted molar refractivity (Wildman–Crippen MR) is 97.3 cm³/mol. The van der Waals surface area contributed by atoms with Gasteiger partial charge in [-0.2, -0.15) is 0 Å². The lowest BCUT2D eigenvalue weighted by molar-refractivity contribution is -0.147. The molecule has 0 radical (unpaired) electrons. The van der Waals surface area contributed by atoms with Crippen molar-refractivity contribution in [3.8, 4) is 0 Å². The molecule has 1 aromatic rings. The van der Waals surface area contributed by atoms with Crippen LogP contribution >= 0.6 is 0 Å². The fourth-order valence-corrected chi connectivity index (χ4v) is 3.53. The van der Waals surface area contributed by atoms with Gasteiger partial charge in [0.25, 0.3) is 0 Å². The molecule has 144 valence electrons. The van der Waals surface area contributed by atoms with E-state index in [1.165, 1.54) is 0 Å². The number of ether oxygens (including phenoxy) is 1. The number of hydrogen-bond donors (Lipinski definition) is 0. The zero-order valence-electron chi connectivity index (χ0n) is 15.9. The molecule has 0 aromatic carbocycles. The van der Waals surface area contributed by atoms with Crippen LogP contribution in [0.1, 0.15) is 51.7 Å². The lowest BCUT2D eigenvalue weighted by Gasteiger charge is -2.35. The van der Waals surface area contributed by atoms with Gasteiger partial charge in [0.05, 0.1) is 18.9 Å². The Balaban J connectivity index is 1.66. The summed E-state index contributed by atoms with van der Waals surface area (Å²) in [7, 11) is 0. The number of amides is 2. The van der Waals surface area contributed by atoms with Crippen LogP contribution in [0, 0.1) is 5.92 Å². The van der Waals surface area contributed by atoms with Gasteiger partial charge in [-0.05, 0) is 51.7 Å². The van der Waals surface area contributed by atoms with Gasteiger partial charge < -0.3 is 19.0 Å². The molecule has 1 unspecified atom stereocenters. The Bertz CT molecular complexity index is 589. The first kappa shape index (κ1) is 19.0. The number of rotatable bonds is 8. The number of furan rings is 1. The topological polar surface area (TPSA) is 63.0 Å². The minimum atomic E-state index is -0.0433. The van der Waals surface area contributed by atoms with Crippen LogP contribution in [0.25, 0.3) is 0 Å². The predicted octanol–water partition coefficient (Wildman–Crippen LogP) is 2.82. The molecule has 2 amide bonds. The monoisotopic (exact) mass is 362 g/mol. The second kappa shape index (κ2) is 8.71. The molecule has 0 bridgehead atoms. The molecule has 2 heterocycles. The van der Waals surface area contributed by atoms with Crippen LogP contribution in [0.5, 0.6) is 0 Å². The highest BCUT2D eigenvalue weighted by Gasteiger charge is 2.33. The van der Waals surface area contributed by atoms with Crippen molar-refractivity contribution in [1.29, 1.82) is 0 Å². The minimum Gasteiger partial charge on any atom is -0.467 e. The largest absolute Gasteiger partial charge is 0.467 e. The van der Waals surface area contributed by atoms with Gasteiger partial charge in [0.2, 0.25) is 11.8 Å². The number of nitrogens with zero attached hydrogens (tertiary/aromatic N) is 2. The van der Waals surface area contributed by atoms with Crippen molar-refractivity contribution >= 4 is 11.8 Å². The molecule has 1 aliphatic heterocycles. The van der Waals surface area contributed by atoms with E-state index in [1.54, 1.807) is 16.1 Å². The van der Waals surface area contributed by atoms with Crippen LogP contribution in [0.4, 0.5) is 0 Å². The van der Waals surface area contributed by atoms with Gasteiger partial charge in [0.15, 0.2) is 0 Å². The Kier molecular flexibility index (Phi) is 6.35. The minimum absolute atomic E-state index is 0.0141. The maximum absolute atomic E-state index is 13.0. The zero-order chi connectivity index (χ0) is 18.5. The summed E-state index contributed by atoms with van der Waals surface area (Å²) in [5.41, 5.74) is 0. The Morgan fingerprint density at radius 2 is 2.04 bits per heavy atom. The Hall–Kier alpha value is -1.82. The van der Waals surface area contributed by atoms with Crippen molar-refractivity contribution in [3.05, 3.63) is 24.2 Å². The average Bonchev–Trinajstić information content (AvgIpc) is 3.23. The first-order valence-electron chi connectivity index (χ1n) is 9.77. The molecule has 1 aliphatic carbocycles. The van der Waals surface area contributed by atoms with Crippen molar-refractivity contribution in [1.82, 2.24) is 9.80 Å². The highest BCUT2D eigenvalue weighted by Crippen LogP contribution is 2.29. The molecule has 0 spiro atoms. The van der Waals surface area contributed by atoms with Crippen molar-refractivity contribution in [2.24, 2.45) is 5.92 Å². The molecule has 1 saturated carbocycles.